The standard InChI is InChI=1S/C22H24N4O/c1-2-4-21-20(3-1)22(24-23-21)17-9-11-25(12-10-17)18-5-7-19(8-6-18)26-13-15-27-16-14-26/h1-9H,10-16H2,(H,23,24). The van der Waals surface area contributed by atoms with E-state index < -0.39 is 0 Å². The van der Waals surface area contributed by atoms with Crippen LogP contribution in [-0.2, 0) is 4.74 Å². The first-order valence-corrected chi connectivity index (χ1v) is 9.69. The van der Waals surface area contributed by atoms with Crippen LogP contribution in [0.3, 0.4) is 0 Å². The summed E-state index contributed by atoms with van der Waals surface area (Å²) >= 11 is 0. The van der Waals surface area contributed by atoms with E-state index in [2.05, 4.69) is 68.5 Å². The van der Waals surface area contributed by atoms with E-state index in [0.717, 1.165) is 57.0 Å². The summed E-state index contributed by atoms with van der Waals surface area (Å²) in [6.07, 6.45) is 3.34. The summed E-state index contributed by atoms with van der Waals surface area (Å²) in [5.74, 6) is 0. The third-order valence-electron chi connectivity index (χ3n) is 5.57. The number of hydrogen-bond acceptors (Lipinski definition) is 4. The molecule has 3 aromatic rings. The first kappa shape index (κ1) is 16.4. The van der Waals surface area contributed by atoms with E-state index in [-0.39, 0.29) is 0 Å². The summed E-state index contributed by atoms with van der Waals surface area (Å²) in [7, 11) is 0. The van der Waals surface area contributed by atoms with Gasteiger partial charge in [0.25, 0.3) is 0 Å². The second-order valence-corrected chi connectivity index (χ2v) is 7.16. The van der Waals surface area contributed by atoms with E-state index >= 15 is 0 Å². The molecule has 1 aromatic heterocycles. The Morgan fingerprint density at radius 1 is 0.852 bits per heavy atom. The van der Waals surface area contributed by atoms with Crippen LogP contribution in [0.5, 0.6) is 0 Å². The number of nitrogens with zero attached hydrogens (tertiary/aromatic N) is 3. The Labute approximate surface area is 159 Å². The van der Waals surface area contributed by atoms with E-state index in [0.29, 0.717) is 0 Å². The molecular formula is C22H24N4O. The molecule has 0 atom stereocenters. The smallest absolute Gasteiger partial charge is 0.0957 e. The lowest BCUT2D eigenvalue weighted by Gasteiger charge is -2.31. The minimum Gasteiger partial charge on any atom is -0.378 e. The number of fused-ring (bicyclic) bond motifs is 1. The van der Waals surface area contributed by atoms with Crippen LogP contribution in [0.15, 0.2) is 54.6 Å². The average Bonchev–Trinajstić information content (AvgIpc) is 3.19. The molecule has 0 radical (unpaired) electrons. The third kappa shape index (κ3) is 3.19. The van der Waals surface area contributed by atoms with Crippen LogP contribution in [0.2, 0.25) is 0 Å². The molecule has 1 fully saturated rings. The van der Waals surface area contributed by atoms with Crippen LogP contribution < -0.4 is 9.80 Å². The van der Waals surface area contributed by atoms with Gasteiger partial charge >= 0.3 is 0 Å². The van der Waals surface area contributed by atoms with Gasteiger partial charge in [0.2, 0.25) is 0 Å². The van der Waals surface area contributed by atoms with E-state index in [4.69, 9.17) is 4.74 Å². The summed E-state index contributed by atoms with van der Waals surface area (Å²) in [6, 6.07) is 17.3. The van der Waals surface area contributed by atoms with Crippen LogP contribution in [0.1, 0.15) is 12.1 Å². The fourth-order valence-corrected chi connectivity index (χ4v) is 4.02. The number of aromatic amines is 1. The lowest BCUT2D eigenvalue weighted by Crippen LogP contribution is -2.36. The zero-order valence-electron chi connectivity index (χ0n) is 15.4. The number of aromatic nitrogens is 2. The molecule has 5 heteroatoms. The first-order valence-electron chi connectivity index (χ1n) is 9.69. The highest BCUT2D eigenvalue weighted by molar-refractivity contribution is 5.90. The van der Waals surface area contributed by atoms with Crippen LogP contribution in [-0.4, -0.2) is 49.6 Å². The molecule has 2 aromatic carbocycles. The molecule has 0 saturated carbocycles. The van der Waals surface area contributed by atoms with E-state index in [9.17, 15) is 0 Å². The van der Waals surface area contributed by atoms with Crippen LogP contribution >= 0.6 is 0 Å². The Morgan fingerprint density at radius 2 is 1.59 bits per heavy atom. The van der Waals surface area contributed by atoms with E-state index in [1.165, 1.54) is 22.3 Å². The number of nitrogens with one attached hydrogen (secondary N) is 1. The number of hydrogen-bond donors (Lipinski definition) is 1. The normalized spacial score (nSPS) is 18.0. The minimum absolute atomic E-state index is 0.823. The number of H-pyrrole nitrogens is 1. The van der Waals surface area contributed by atoms with Crippen LogP contribution in [0.25, 0.3) is 16.5 Å². The highest BCUT2D eigenvalue weighted by Crippen LogP contribution is 2.29. The first-order chi connectivity index (χ1) is 13.4. The second kappa shape index (κ2) is 7.08. The van der Waals surface area contributed by atoms with Crippen molar-refractivity contribution in [3.63, 3.8) is 0 Å². The van der Waals surface area contributed by atoms with Crippen molar-refractivity contribution in [3.8, 4) is 0 Å². The van der Waals surface area contributed by atoms with Crippen molar-refractivity contribution in [2.24, 2.45) is 0 Å². The molecule has 0 unspecified atom stereocenters. The van der Waals surface area contributed by atoms with Gasteiger partial charge in [-0.05, 0) is 42.3 Å². The van der Waals surface area contributed by atoms with Gasteiger partial charge in [0, 0.05) is 42.9 Å². The maximum Gasteiger partial charge on any atom is 0.0957 e. The molecule has 0 bridgehead atoms. The molecular weight excluding hydrogens is 336 g/mol. The maximum absolute atomic E-state index is 5.44. The molecule has 138 valence electrons. The fourth-order valence-electron chi connectivity index (χ4n) is 4.02. The van der Waals surface area contributed by atoms with Crippen molar-refractivity contribution >= 4 is 27.9 Å². The Bertz CT molecular complexity index is 954. The Morgan fingerprint density at radius 3 is 2.33 bits per heavy atom. The summed E-state index contributed by atoms with van der Waals surface area (Å²) in [4.78, 5) is 4.83. The summed E-state index contributed by atoms with van der Waals surface area (Å²) in [6.45, 7) is 5.55. The number of ether oxygens (including phenoxy) is 1. The Balaban J connectivity index is 1.31. The van der Waals surface area contributed by atoms with Gasteiger partial charge in [0.05, 0.1) is 24.4 Å². The molecule has 3 heterocycles. The van der Waals surface area contributed by atoms with Crippen molar-refractivity contribution in [1.29, 1.82) is 0 Å². The molecule has 27 heavy (non-hydrogen) atoms. The van der Waals surface area contributed by atoms with Crippen LogP contribution in [0.4, 0.5) is 11.4 Å². The highest BCUT2D eigenvalue weighted by Gasteiger charge is 2.17. The third-order valence-corrected chi connectivity index (χ3v) is 5.57. The average molecular weight is 360 g/mol. The number of rotatable bonds is 3. The molecule has 0 aliphatic carbocycles. The Hall–Kier alpha value is -2.79. The molecule has 5 rings (SSSR count). The number of anilines is 2. The van der Waals surface area contributed by atoms with Crippen LogP contribution in [0, 0.1) is 0 Å². The van der Waals surface area contributed by atoms with Gasteiger partial charge in [0.1, 0.15) is 0 Å². The van der Waals surface area contributed by atoms with Crippen molar-refractivity contribution < 1.29 is 4.74 Å². The Kier molecular flexibility index (Phi) is 4.30. The van der Waals surface area contributed by atoms with Gasteiger partial charge in [-0.1, -0.05) is 24.3 Å². The zero-order valence-corrected chi connectivity index (χ0v) is 15.4. The number of benzene rings is 2. The van der Waals surface area contributed by atoms with Gasteiger partial charge < -0.3 is 14.5 Å². The predicted molar refractivity (Wildman–Crippen MR) is 110 cm³/mol. The van der Waals surface area contributed by atoms with Gasteiger partial charge in [-0.2, -0.15) is 5.10 Å². The molecule has 1 saturated heterocycles. The van der Waals surface area contributed by atoms with Gasteiger partial charge in [-0.25, -0.2) is 0 Å². The van der Waals surface area contributed by atoms with Gasteiger partial charge in [-0.3, -0.25) is 5.10 Å². The maximum atomic E-state index is 5.44. The molecule has 2 aliphatic rings. The topological polar surface area (TPSA) is 44.4 Å². The predicted octanol–water partition coefficient (Wildman–Crippen LogP) is 3.69. The fraction of sp³-hybridized carbons (Fsp3) is 0.318. The molecule has 5 nitrogen and oxygen atoms in total. The molecule has 2 aliphatic heterocycles. The van der Waals surface area contributed by atoms with Crippen molar-refractivity contribution in [3.05, 3.63) is 60.3 Å². The number of para-hydroxylation sites is 1. The molecule has 0 amide bonds. The van der Waals surface area contributed by atoms with Crippen molar-refractivity contribution in [1.82, 2.24) is 10.2 Å². The SMILES string of the molecule is C1=C(c2n[nH]c3ccccc23)CCN(c2ccc(N3CCOCC3)cc2)C1. The summed E-state index contributed by atoms with van der Waals surface area (Å²) < 4.78 is 5.44. The monoisotopic (exact) mass is 360 g/mol. The van der Waals surface area contributed by atoms with Gasteiger partial charge in [-0.15, -0.1) is 0 Å². The molecule has 0 spiro atoms. The lowest BCUT2D eigenvalue weighted by molar-refractivity contribution is 0.122. The van der Waals surface area contributed by atoms with E-state index in [1.54, 1.807) is 0 Å². The largest absolute Gasteiger partial charge is 0.378 e. The quantitative estimate of drug-likeness (QED) is 0.774. The lowest BCUT2D eigenvalue weighted by atomic mass is 10.0. The number of morpholine rings is 1. The van der Waals surface area contributed by atoms with Crippen molar-refractivity contribution in [2.45, 2.75) is 6.42 Å². The van der Waals surface area contributed by atoms with E-state index in [1.807, 2.05) is 6.07 Å². The molecule has 1 N–H and O–H groups in total. The summed E-state index contributed by atoms with van der Waals surface area (Å²) in [5, 5.41) is 8.92. The zero-order chi connectivity index (χ0) is 18.1. The second-order valence-electron chi connectivity index (χ2n) is 7.16. The van der Waals surface area contributed by atoms with Crippen molar-refractivity contribution in [2.75, 3.05) is 49.2 Å². The summed E-state index contributed by atoms with van der Waals surface area (Å²) in [5.41, 5.74) is 6.13. The van der Waals surface area contributed by atoms with Gasteiger partial charge in [0.15, 0.2) is 0 Å². The highest BCUT2D eigenvalue weighted by atomic mass is 16.5. The minimum atomic E-state index is 0.823.